The summed E-state index contributed by atoms with van der Waals surface area (Å²) in [5, 5.41) is 6.14. The Morgan fingerprint density at radius 2 is 1.93 bits per heavy atom. The van der Waals surface area contributed by atoms with Gasteiger partial charge in [0.1, 0.15) is 5.82 Å². The second-order valence-electron chi connectivity index (χ2n) is 11.5. The number of thiazole rings is 1. The number of carbonyl (C=O) groups excluding carboxylic acids is 2. The van der Waals surface area contributed by atoms with Gasteiger partial charge in [-0.2, -0.15) is 0 Å². The van der Waals surface area contributed by atoms with E-state index in [9.17, 15) is 14.0 Å². The molecule has 0 aliphatic carbocycles. The molecule has 2 aromatic heterocycles. The summed E-state index contributed by atoms with van der Waals surface area (Å²) >= 11 is 3.18. The smallest absolute Gasteiger partial charge is 0.259 e. The summed E-state index contributed by atoms with van der Waals surface area (Å²) < 4.78 is 13.7. The van der Waals surface area contributed by atoms with Gasteiger partial charge in [0.05, 0.1) is 27.2 Å². The first kappa shape index (κ1) is 32.2. The van der Waals surface area contributed by atoms with Gasteiger partial charge >= 0.3 is 0 Å². The van der Waals surface area contributed by atoms with Gasteiger partial charge in [-0.1, -0.05) is 0 Å². The number of hydrogen-bond donors (Lipinski definition) is 1. The summed E-state index contributed by atoms with van der Waals surface area (Å²) in [7, 11) is 2.22. The first-order valence-electron chi connectivity index (χ1n) is 14.3. The number of likely N-dealkylation sites (tertiary alicyclic amines) is 1. The Morgan fingerprint density at radius 1 is 1.24 bits per heavy atom. The number of aldehydes is 1. The summed E-state index contributed by atoms with van der Waals surface area (Å²) in [5.74, 6) is 1.02. The molecule has 2 aromatic rings. The van der Waals surface area contributed by atoms with Gasteiger partial charge in [0.15, 0.2) is 12.0 Å². The Bertz CT molecular complexity index is 1260. The largest absolute Gasteiger partial charge is 0.361 e. The molecule has 42 heavy (non-hydrogen) atoms. The van der Waals surface area contributed by atoms with Crippen LogP contribution in [0.2, 0.25) is 0 Å². The minimum Gasteiger partial charge on any atom is -0.361 e. The van der Waals surface area contributed by atoms with Gasteiger partial charge in [-0.05, 0) is 78.3 Å². The third-order valence-electron chi connectivity index (χ3n) is 8.12. The number of anilines is 1. The van der Waals surface area contributed by atoms with Gasteiger partial charge in [0.25, 0.3) is 5.91 Å². The number of nitrogens with zero attached hydrogens (tertiary/aromatic N) is 6. The van der Waals surface area contributed by atoms with Gasteiger partial charge in [-0.3, -0.25) is 24.4 Å². The van der Waals surface area contributed by atoms with E-state index >= 15 is 0 Å². The van der Waals surface area contributed by atoms with Crippen LogP contribution in [-0.4, -0.2) is 106 Å². The first-order valence-corrected chi connectivity index (χ1v) is 16.2. The van der Waals surface area contributed by atoms with Crippen LogP contribution in [0.25, 0.3) is 5.70 Å². The second kappa shape index (κ2) is 14.2. The van der Waals surface area contributed by atoms with E-state index in [1.54, 1.807) is 40.1 Å². The highest BCUT2D eigenvalue weighted by molar-refractivity contribution is 8.02. The third kappa shape index (κ3) is 8.03. The molecule has 0 radical (unpaired) electrons. The Balaban J connectivity index is 0.000000193. The van der Waals surface area contributed by atoms with Gasteiger partial charge < -0.3 is 10.2 Å². The number of thioether (sulfide) groups is 1. The molecule has 4 aliphatic heterocycles. The maximum atomic E-state index is 13.7. The van der Waals surface area contributed by atoms with Crippen molar-refractivity contribution in [1.29, 1.82) is 0 Å². The van der Waals surface area contributed by atoms with Crippen molar-refractivity contribution in [1.82, 2.24) is 24.7 Å². The highest BCUT2D eigenvalue weighted by Gasteiger charge is 2.44. The number of carbonyl (C=O) groups is 2. The summed E-state index contributed by atoms with van der Waals surface area (Å²) in [6.07, 6.45) is 5.64. The fourth-order valence-electron chi connectivity index (χ4n) is 5.68. The molecular formula is C30H42FN7O2S2. The van der Waals surface area contributed by atoms with Crippen molar-refractivity contribution in [2.45, 2.75) is 70.8 Å². The monoisotopic (exact) mass is 615 g/mol. The number of likely N-dealkylation sites (N-methyl/N-ethyl adjacent to an activating group) is 1. The SMILES string of the molecule is C=N/C(=C\SCNc1ccc(C=O)cn1)c1sc(C)nc1C.CN1[C@@H]2C[C@H]1CN(C1CCN(C(=O)C(C)(C)F)CC1)C2. The summed E-state index contributed by atoms with van der Waals surface area (Å²) in [5.41, 5.74) is 0.634. The van der Waals surface area contributed by atoms with Crippen molar-refractivity contribution in [3.05, 3.63) is 44.9 Å². The van der Waals surface area contributed by atoms with Crippen molar-refractivity contribution in [3.8, 4) is 0 Å². The van der Waals surface area contributed by atoms with Crippen molar-refractivity contribution >= 4 is 53.5 Å². The van der Waals surface area contributed by atoms with E-state index in [-0.39, 0.29) is 5.91 Å². The van der Waals surface area contributed by atoms with E-state index in [0.29, 0.717) is 30.6 Å². The highest BCUT2D eigenvalue weighted by Crippen LogP contribution is 2.33. The number of amides is 1. The average Bonchev–Trinajstić information content (AvgIpc) is 3.33. The Kier molecular flexibility index (Phi) is 10.9. The minimum absolute atomic E-state index is 0.350. The predicted molar refractivity (Wildman–Crippen MR) is 171 cm³/mol. The number of alkyl halides is 1. The van der Waals surface area contributed by atoms with Gasteiger partial charge in [-0.15, -0.1) is 23.1 Å². The van der Waals surface area contributed by atoms with E-state index in [2.05, 4.69) is 43.8 Å². The topological polar surface area (TPSA) is 94.0 Å². The van der Waals surface area contributed by atoms with Gasteiger partial charge in [0, 0.05) is 56.1 Å². The lowest BCUT2D eigenvalue weighted by Gasteiger charge is -2.57. The number of fused-ring (bicyclic) bond motifs is 2. The molecule has 0 saturated carbocycles. The molecule has 4 fully saturated rings. The van der Waals surface area contributed by atoms with Gasteiger partial charge in [-0.25, -0.2) is 14.4 Å². The minimum atomic E-state index is -1.73. The highest BCUT2D eigenvalue weighted by atomic mass is 32.2. The molecule has 9 nitrogen and oxygen atoms in total. The molecule has 4 saturated heterocycles. The summed E-state index contributed by atoms with van der Waals surface area (Å²) in [4.78, 5) is 42.9. The van der Waals surface area contributed by atoms with Crippen LogP contribution < -0.4 is 5.32 Å². The Morgan fingerprint density at radius 3 is 2.43 bits per heavy atom. The first-order chi connectivity index (χ1) is 20.0. The molecule has 1 N–H and O–H groups in total. The zero-order valence-corrected chi connectivity index (χ0v) is 26.8. The summed E-state index contributed by atoms with van der Waals surface area (Å²) in [6.45, 7) is 14.0. The molecule has 2 atom stereocenters. The molecule has 1 amide bonds. The average molecular weight is 616 g/mol. The van der Waals surface area contributed by atoms with Gasteiger partial charge in [0.2, 0.25) is 0 Å². The number of hydrogen-bond acceptors (Lipinski definition) is 10. The number of piperidine rings is 2. The van der Waals surface area contributed by atoms with Crippen LogP contribution in [-0.2, 0) is 4.79 Å². The number of rotatable bonds is 9. The van der Waals surface area contributed by atoms with Crippen LogP contribution in [0.4, 0.5) is 10.2 Å². The van der Waals surface area contributed by atoms with Crippen LogP contribution in [0.3, 0.4) is 0 Å². The van der Waals surface area contributed by atoms with Crippen LogP contribution >= 0.6 is 23.1 Å². The lowest BCUT2D eigenvalue weighted by Crippen LogP contribution is -2.69. The molecule has 6 rings (SSSR count). The van der Waals surface area contributed by atoms with E-state index in [1.807, 2.05) is 19.3 Å². The van der Waals surface area contributed by atoms with Crippen LogP contribution in [0.15, 0.2) is 28.7 Å². The number of aromatic nitrogens is 2. The fraction of sp³-hybridized carbons (Fsp3) is 0.567. The zero-order chi connectivity index (χ0) is 30.4. The number of aryl methyl sites for hydroxylation is 2. The molecule has 12 heteroatoms. The van der Waals surface area contributed by atoms with E-state index < -0.39 is 5.67 Å². The zero-order valence-electron chi connectivity index (χ0n) is 25.2. The number of aliphatic imine (C=N–C) groups is 1. The maximum absolute atomic E-state index is 13.7. The number of piperazine rings is 1. The second-order valence-corrected chi connectivity index (χ2v) is 13.6. The lowest BCUT2D eigenvalue weighted by atomic mass is 9.86. The molecule has 2 bridgehead atoms. The van der Waals surface area contributed by atoms with Crippen molar-refractivity contribution in [3.63, 3.8) is 0 Å². The van der Waals surface area contributed by atoms with Crippen LogP contribution in [0, 0.1) is 13.8 Å². The summed E-state index contributed by atoms with van der Waals surface area (Å²) in [6, 6.07) is 5.55. The molecule has 0 unspecified atom stereocenters. The fourth-order valence-corrected chi connectivity index (χ4v) is 7.32. The van der Waals surface area contributed by atoms with Crippen LogP contribution in [0.1, 0.15) is 59.0 Å². The number of pyridine rings is 1. The van der Waals surface area contributed by atoms with E-state index in [1.165, 1.54) is 39.6 Å². The third-order valence-corrected chi connectivity index (χ3v) is 9.92. The quantitative estimate of drug-likeness (QED) is 0.185. The van der Waals surface area contributed by atoms with Crippen LogP contribution in [0.5, 0.6) is 0 Å². The Hall–Kier alpha value is -2.67. The Labute approximate surface area is 256 Å². The van der Waals surface area contributed by atoms with E-state index in [4.69, 9.17) is 0 Å². The van der Waals surface area contributed by atoms with Crippen molar-refractivity contribution < 1.29 is 14.0 Å². The molecule has 0 aromatic carbocycles. The molecular weight excluding hydrogens is 574 g/mol. The molecule has 0 spiro atoms. The number of halogens is 1. The molecule has 4 aliphatic rings. The normalized spacial score (nSPS) is 21.7. The number of nitrogens with one attached hydrogen (secondary N) is 1. The maximum Gasteiger partial charge on any atom is 0.259 e. The molecule has 6 heterocycles. The van der Waals surface area contributed by atoms with Crippen molar-refractivity contribution in [2.24, 2.45) is 4.99 Å². The lowest BCUT2D eigenvalue weighted by molar-refractivity contribution is -0.144. The predicted octanol–water partition coefficient (Wildman–Crippen LogP) is 4.88. The molecule has 228 valence electrons. The van der Waals surface area contributed by atoms with E-state index in [0.717, 1.165) is 58.3 Å². The standard InChI is InChI=1S/C15H26FN3O.C15H16N4OS2/c1-15(2,16)14(20)18-6-4-11(5-7-18)19-9-12-8-13(10-19)17(12)3;1-10-15(22-11(2)19-10)13(16-3)8-21-9-18-14-5-4-12(7-20)6-17-14/h11-13H,4-10H2,1-3H3;4-8H,3,9H2,1-2H3,(H,17,18)/b;13-8-/t12-,13+;. The van der Waals surface area contributed by atoms with Crippen molar-refractivity contribution in [2.75, 3.05) is 44.4 Å².